The number of hydrogen-bond acceptors (Lipinski definition) is 3. The number of amides is 1. The molecule has 1 atom stereocenters. The molecule has 4 nitrogen and oxygen atoms in total. The molecule has 0 spiro atoms. The Morgan fingerprint density at radius 2 is 1.95 bits per heavy atom. The predicted octanol–water partition coefficient (Wildman–Crippen LogP) is 2.43. The molecule has 1 unspecified atom stereocenters. The van der Waals surface area contributed by atoms with E-state index in [0.717, 1.165) is 23.5 Å². The molecule has 1 N–H and O–H groups in total. The molecule has 21 heavy (non-hydrogen) atoms. The van der Waals surface area contributed by atoms with Crippen LogP contribution in [-0.2, 0) is 6.42 Å². The number of ether oxygens (including phenoxy) is 2. The fraction of sp³-hybridized carbons (Fsp3) is 0.235. The molecule has 0 fully saturated rings. The summed E-state index contributed by atoms with van der Waals surface area (Å²) in [6.45, 7) is 0.499. The summed E-state index contributed by atoms with van der Waals surface area (Å²) in [6, 6.07) is 15.0. The van der Waals surface area contributed by atoms with Gasteiger partial charge in [-0.25, -0.2) is 0 Å². The van der Waals surface area contributed by atoms with Crippen molar-refractivity contribution in [2.45, 2.75) is 12.5 Å². The zero-order valence-electron chi connectivity index (χ0n) is 11.8. The van der Waals surface area contributed by atoms with Crippen molar-refractivity contribution in [1.29, 1.82) is 0 Å². The summed E-state index contributed by atoms with van der Waals surface area (Å²) in [7, 11) is 1.60. The Morgan fingerprint density at radius 1 is 1.19 bits per heavy atom. The molecule has 1 heterocycles. The first-order valence-electron chi connectivity index (χ1n) is 6.92. The second-order valence-corrected chi connectivity index (χ2v) is 5.02. The maximum absolute atomic E-state index is 12.2. The second kappa shape index (κ2) is 5.87. The molecule has 0 bridgehead atoms. The van der Waals surface area contributed by atoms with Gasteiger partial charge in [-0.3, -0.25) is 4.79 Å². The Bertz CT molecular complexity index is 637. The first-order valence-corrected chi connectivity index (χ1v) is 6.92. The van der Waals surface area contributed by atoms with Gasteiger partial charge in [0.2, 0.25) is 0 Å². The van der Waals surface area contributed by atoms with E-state index >= 15 is 0 Å². The number of para-hydroxylation sites is 1. The maximum Gasteiger partial charge on any atom is 0.251 e. The van der Waals surface area contributed by atoms with Crippen LogP contribution in [0.25, 0.3) is 0 Å². The van der Waals surface area contributed by atoms with Crippen LogP contribution >= 0.6 is 0 Å². The van der Waals surface area contributed by atoms with E-state index in [1.54, 1.807) is 31.4 Å². The van der Waals surface area contributed by atoms with E-state index < -0.39 is 0 Å². The van der Waals surface area contributed by atoms with Crippen molar-refractivity contribution < 1.29 is 14.3 Å². The first kappa shape index (κ1) is 13.5. The lowest BCUT2D eigenvalue weighted by Crippen LogP contribution is -2.42. The van der Waals surface area contributed by atoms with Crippen LogP contribution < -0.4 is 14.8 Å². The van der Waals surface area contributed by atoms with Gasteiger partial charge in [0, 0.05) is 5.56 Å². The highest BCUT2D eigenvalue weighted by Crippen LogP contribution is 2.24. The van der Waals surface area contributed by atoms with Crippen LogP contribution in [0, 0.1) is 0 Å². The van der Waals surface area contributed by atoms with Gasteiger partial charge >= 0.3 is 0 Å². The van der Waals surface area contributed by atoms with Crippen molar-refractivity contribution in [2.24, 2.45) is 0 Å². The smallest absolute Gasteiger partial charge is 0.251 e. The Hall–Kier alpha value is -2.49. The van der Waals surface area contributed by atoms with E-state index in [-0.39, 0.29) is 11.9 Å². The lowest BCUT2D eigenvalue weighted by Gasteiger charge is -2.26. The normalized spacial score (nSPS) is 16.5. The van der Waals surface area contributed by atoms with Gasteiger partial charge in [0.05, 0.1) is 13.2 Å². The first-order chi connectivity index (χ1) is 10.3. The number of rotatable bonds is 3. The molecule has 0 saturated carbocycles. The van der Waals surface area contributed by atoms with Gasteiger partial charge in [-0.05, 0) is 42.3 Å². The summed E-state index contributed by atoms with van der Waals surface area (Å²) < 4.78 is 10.8. The third-order valence-electron chi connectivity index (χ3n) is 3.57. The van der Waals surface area contributed by atoms with Gasteiger partial charge in [0.1, 0.15) is 18.1 Å². The monoisotopic (exact) mass is 283 g/mol. The van der Waals surface area contributed by atoms with Crippen LogP contribution in [0.1, 0.15) is 15.9 Å². The molecular weight excluding hydrogens is 266 g/mol. The van der Waals surface area contributed by atoms with Crippen LogP contribution in [0.2, 0.25) is 0 Å². The highest BCUT2D eigenvalue weighted by atomic mass is 16.5. The molecule has 0 saturated heterocycles. The average molecular weight is 283 g/mol. The Morgan fingerprint density at radius 3 is 2.71 bits per heavy atom. The highest BCUT2D eigenvalue weighted by Gasteiger charge is 2.21. The van der Waals surface area contributed by atoms with Crippen molar-refractivity contribution in [3.63, 3.8) is 0 Å². The van der Waals surface area contributed by atoms with Crippen LogP contribution in [0.5, 0.6) is 11.5 Å². The molecule has 1 aliphatic rings. The minimum atomic E-state index is -0.0920. The lowest BCUT2D eigenvalue weighted by molar-refractivity contribution is 0.0915. The number of hydrogen-bond donors (Lipinski definition) is 1. The summed E-state index contributed by atoms with van der Waals surface area (Å²) in [5.74, 6) is 1.56. The highest BCUT2D eigenvalue weighted by molar-refractivity contribution is 5.94. The van der Waals surface area contributed by atoms with Crippen molar-refractivity contribution in [3.05, 3.63) is 59.7 Å². The van der Waals surface area contributed by atoms with Crippen LogP contribution in [0.15, 0.2) is 48.5 Å². The summed E-state index contributed by atoms with van der Waals surface area (Å²) in [4.78, 5) is 12.2. The number of carbonyl (C=O) groups is 1. The number of carbonyl (C=O) groups excluding carboxylic acids is 1. The molecule has 1 amide bonds. The van der Waals surface area contributed by atoms with Crippen molar-refractivity contribution in [2.75, 3.05) is 13.7 Å². The fourth-order valence-corrected chi connectivity index (χ4v) is 2.43. The number of fused-ring (bicyclic) bond motifs is 1. The minimum Gasteiger partial charge on any atom is -0.497 e. The van der Waals surface area contributed by atoms with E-state index in [1.807, 2.05) is 24.3 Å². The van der Waals surface area contributed by atoms with Gasteiger partial charge in [0.25, 0.3) is 5.91 Å². The van der Waals surface area contributed by atoms with E-state index in [1.165, 1.54) is 0 Å². The molecule has 0 radical (unpaired) electrons. The molecule has 4 heteroatoms. The Labute approximate surface area is 123 Å². The Kier molecular flexibility index (Phi) is 3.77. The van der Waals surface area contributed by atoms with Gasteiger partial charge in [-0.2, -0.15) is 0 Å². The molecule has 3 rings (SSSR count). The number of benzene rings is 2. The molecule has 0 aliphatic carbocycles. The average Bonchev–Trinajstić information content (AvgIpc) is 2.55. The fourth-order valence-electron chi connectivity index (χ4n) is 2.43. The van der Waals surface area contributed by atoms with Gasteiger partial charge < -0.3 is 14.8 Å². The molecule has 2 aromatic rings. The van der Waals surface area contributed by atoms with Gasteiger partial charge in [0.15, 0.2) is 0 Å². The standard InChI is InChI=1S/C17H17NO3/c1-20-15-8-6-12(7-9-15)17(19)18-14-10-13-4-2-3-5-16(13)21-11-14/h2-9,14H,10-11H2,1H3,(H,18,19). The van der Waals surface area contributed by atoms with Crippen LogP contribution in [0.4, 0.5) is 0 Å². The maximum atomic E-state index is 12.2. The van der Waals surface area contributed by atoms with E-state index in [4.69, 9.17) is 9.47 Å². The quantitative estimate of drug-likeness (QED) is 0.941. The summed E-state index contributed by atoms with van der Waals surface area (Å²) in [5.41, 5.74) is 1.75. The van der Waals surface area contributed by atoms with Gasteiger partial charge in [-0.15, -0.1) is 0 Å². The minimum absolute atomic E-state index is 0.00509. The predicted molar refractivity (Wildman–Crippen MR) is 79.9 cm³/mol. The summed E-state index contributed by atoms with van der Waals surface area (Å²) in [6.07, 6.45) is 0.790. The largest absolute Gasteiger partial charge is 0.497 e. The van der Waals surface area contributed by atoms with E-state index in [9.17, 15) is 4.79 Å². The second-order valence-electron chi connectivity index (χ2n) is 5.02. The number of nitrogens with one attached hydrogen (secondary N) is 1. The van der Waals surface area contributed by atoms with E-state index in [0.29, 0.717) is 12.2 Å². The van der Waals surface area contributed by atoms with Crippen molar-refractivity contribution in [3.8, 4) is 11.5 Å². The Balaban J connectivity index is 1.65. The molecule has 108 valence electrons. The lowest BCUT2D eigenvalue weighted by atomic mass is 10.0. The van der Waals surface area contributed by atoms with Gasteiger partial charge in [-0.1, -0.05) is 18.2 Å². The molecular formula is C17H17NO3. The molecule has 0 aromatic heterocycles. The van der Waals surface area contributed by atoms with E-state index in [2.05, 4.69) is 5.32 Å². The van der Waals surface area contributed by atoms with Crippen LogP contribution in [0.3, 0.4) is 0 Å². The SMILES string of the molecule is COc1ccc(C(=O)NC2COc3ccccc3C2)cc1. The zero-order valence-corrected chi connectivity index (χ0v) is 11.8. The topological polar surface area (TPSA) is 47.6 Å². The molecule has 2 aromatic carbocycles. The molecule has 1 aliphatic heterocycles. The summed E-state index contributed by atoms with van der Waals surface area (Å²) in [5, 5.41) is 3.01. The summed E-state index contributed by atoms with van der Waals surface area (Å²) >= 11 is 0. The van der Waals surface area contributed by atoms with Crippen molar-refractivity contribution in [1.82, 2.24) is 5.32 Å². The number of methoxy groups -OCH3 is 1. The zero-order chi connectivity index (χ0) is 14.7. The van der Waals surface area contributed by atoms with Crippen molar-refractivity contribution >= 4 is 5.91 Å². The third kappa shape index (κ3) is 2.99. The van der Waals surface area contributed by atoms with Crippen LogP contribution in [-0.4, -0.2) is 25.7 Å². The third-order valence-corrected chi connectivity index (χ3v) is 3.57.